The number of rotatable bonds is 47. The molecule has 0 saturated heterocycles. The van der Waals surface area contributed by atoms with Gasteiger partial charge in [0.1, 0.15) is 19.3 Å². The number of hydrogen-bond acceptors (Lipinski definition) is 6. The Morgan fingerprint density at radius 2 is 0.775 bits per heavy atom. The molecule has 0 heterocycles. The quantitative estimate of drug-likeness (QED) is 0.0213. The second-order valence-corrected chi connectivity index (χ2v) is 19.6. The van der Waals surface area contributed by atoms with Gasteiger partial charge in [-0.1, -0.05) is 197 Å². The Morgan fingerprint density at radius 3 is 1.14 bits per heavy atom. The Balaban J connectivity index is 4.36. The highest BCUT2D eigenvalue weighted by Gasteiger charge is 2.26. The number of carbonyl (C=O) groups excluding carboxylic acids is 1. The fourth-order valence-corrected chi connectivity index (χ4v) is 6.97. The van der Waals surface area contributed by atoms with E-state index in [1.54, 1.807) is 0 Å². The summed E-state index contributed by atoms with van der Waals surface area (Å²) in [5.41, 5.74) is 0. The number of likely N-dealkylation sites (N-methyl/N-ethyl adjacent to an activating group) is 1. The van der Waals surface area contributed by atoms with Crippen LogP contribution in [0.2, 0.25) is 0 Å². The van der Waals surface area contributed by atoms with E-state index >= 15 is 0 Å². The van der Waals surface area contributed by atoms with Gasteiger partial charge < -0.3 is 18.9 Å². The van der Waals surface area contributed by atoms with E-state index in [1.807, 2.05) is 21.1 Å². The zero-order valence-corrected chi connectivity index (χ0v) is 46.0. The molecular formula is C62H99NO7P+. The predicted molar refractivity (Wildman–Crippen MR) is 306 cm³/mol. The van der Waals surface area contributed by atoms with Gasteiger partial charge in [-0.15, -0.1) is 0 Å². The number of allylic oxidation sites excluding steroid dienone is 28. The Labute approximate surface area is 434 Å². The molecule has 0 aliphatic carbocycles. The number of phosphoric acid groups is 1. The van der Waals surface area contributed by atoms with Gasteiger partial charge >= 0.3 is 13.8 Å². The largest absolute Gasteiger partial charge is 0.472 e. The zero-order chi connectivity index (χ0) is 51.9. The highest BCUT2D eigenvalue weighted by atomic mass is 31.2. The molecule has 71 heavy (non-hydrogen) atoms. The lowest BCUT2D eigenvalue weighted by molar-refractivity contribution is -0.870. The third kappa shape index (κ3) is 56.6. The summed E-state index contributed by atoms with van der Waals surface area (Å²) in [6.07, 6.45) is 81.3. The Hall–Kier alpha value is -4.14. The first-order chi connectivity index (χ1) is 34.6. The van der Waals surface area contributed by atoms with Crippen molar-refractivity contribution in [1.82, 2.24) is 0 Å². The van der Waals surface area contributed by atoms with Gasteiger partial charge in [0.15, 0.2) is 0 Å². The minimum atomic E-state index is -4.32. The number of carbonyl (C=O) groups is 1. The molecule has 0 bridgehead atoms. The van der Waals surface area contributed by atoms with Crippen LogP contribution in [0.25, 0.3) is 0 Å². The maximum Gasteiger partial charge on any atom is 0.472 e. The second-order valence-electron chi connectivity index (χ2n) is 18.1. The van der Waals surface area contributed by atoms with E-state index in [-0.39, 0.29) is 32.2 Å². The molecule has 0 aliphatic rings. The van der Waals surface area contributed by atoms with Crippen molar-refractivity contribution >= 4 is 13.8 Å². The van der Waals surface area contributed by atoms with E-state index in [4.69, 9.17) is 18.5 Å². The number of hydrogen-bond donors (Lipinski definition) is 1. The topological polar surface area (TPSA) is 91.3 Å². The summed E-state index contributed by atoms with van der Waals surface area (Å²) in [4.78, 5) is 23.0. The average Bonchev–Trinajstić information content (AvgIpc) is 3.33. The molecule has 8 nitrogen and oxygen atoms in total. The highest BCUT2D eigenvalue weighted by Crippen LogP contribution is 2.43. The molecule has 0 aromatic carbocycles. The molecule has 0 aromatic rings. The van der Waals surface area contributed by atoms with E-state index < -0.39 is 13.9 Å². The normalized spacial score (nSPS) is 14.8. The third-order valence-electron chi connectivity index (χ3n) is 10.3. The fraction of sp³-hybridized carbons (Fsp3) is 0.532. The first kappa shape index (κ1) is 66.9. The van der Waals surface area contributed by atoms with Gasteiger partial charge in [-0.25, -0.2) is 4.57 Å². The number of esters is 1. The monoisotopic (exact) mass is 1000 g/mol. The molecule has 0 aliphatic heterocycles. The smallest absolute Gasteiger partial charge is 0.457 e. The van der Waals surface area contributed by atoms with Gasteiger partial charge in [0, 0.05) is 13.0 Å². The lowest BCUT2D eigenvalue weighted by atomic mass is 10.1. The SMILES string of the molecule is CC/C=C\C/C=C\C/C=C\C/C=C\C/C=C\C/C=C\C/C=C\CCCCCCOCC(COP(=O)(O)OCC[N+](C)(C)C)OC(=O)CCC/C=C\C/C=C\C/C=C\C/C=C\C/C=C\C/C=C\C/C=C\CC. The number of nitrogens with zero attached hydrogens (tertiary/aromatic N) is 1. The maximum absolute atomic E-state index is 12.8. The molecule has 0 fully saturated rings. The summed E-state index contributed by atoms with van der Waals surface area (Å²) in [5, 5.41) is 0. The molecule has 2 atom stereocenters. The molecule has 1 N–H and O–H groups in total. The number of unbranched alkanes of at least 4 members (excludes halogenated alkanes) is 5. The van der Waals surface area contributed by atoms with Gasteiger partial charge in [0.05, 0.1) is 34.4 Å². The van der Waals surface area contributed by atoms with Crippen molar-refractivity contribution in [2.45, 2.75) is 161 Å². The first-order valence-electron chi connectivity index (χ1n) is 26.9. The molecule has 0 spiro atoms. The fourth-order valence-electron chi connectivity index (χ4n) is 6.23. The second kappa shape index (κ2) is 52.2. The summed E-state index contributed by atoms with van der Waals surface area (Å²) in [5.74, 6) is -0.389. The lowest BCUT2D eigenvalue weighted by Gasteiger charge is -2.24. The summed E-state index contributed by atoms with van der Waals surface area (Å²) < 4.78 is 35.1. The van der Waals surface area contributed by atoms with Crippen molar-refractivity contribution in [3.05, 3.63) is 170 Å². The van der Waals surface area contributed by atoms with Gasteiger partial charge in [0.25, 0.3) is 0 Å². The van der Waals surface area contributed by atoms with Crippen molar-refractivity contribution in [2.24, 2.45) is 0 Å². The van der Waals surface area contributed by atoms with E-state index in [0.29, 0.717) is 24.1 Å². The number of phosphoric ester groups is 1. The van der Waals surface area contributed by atoms with Crippen LogP contribution in [0.15, 0.2) is 170 Å². The summed E-state index contributed by atoms with van der Waals surface area (Å²) in [7, 11) is 1.58. The Kier molecular flexibility index (Phi) is 49.1. The minimum Gasteiger partial charge on any atom is -0.457 e. The van der Waals surface area contributed by atoms with Gasteiger partial charge in [-0.2, -0.15) is 0 Å². The minimum absolute atomic E-state index is 0.0606. The lowest BCUT2D eigenvalue weighted by Crippen LogP contribution is -2.37. The summed E-state index contributed by atoms with van der Waals surface area (Å²) >= 11 is 0. The Bertz CT molecular complexity index is 1730. The van der Waals surface area contributed by atoms with Crippen LogP contribution >= 0.6 is 7.82 Å². The third-order valence-corrected chi connectivity index (χ3v) is 11.3. The number of ether oxygens (including phenoxy) is 2. The van der Waals surface area contributed by atoms with E-state index in [9.17, 15) is 14.3 Å². The average molecular weight is 1000 g/mol. The molecule has 0 saturated carbocycles. The molecule has 398 valence electrons. The molecule has 0 amide bonds. The molecular weight excluding hydrogens is 902 g/mol. The van der Waals surface area contributed by atoms with Crippen molar-refractivity contribution < 1.29 is 37.3 Å². The van der Waals surface area contributed by atoms with E-state index in [1.165, 1.54) is 0 Å². The zero-order valence-electron chi connectivity index (χ0n) is 45.1. The van der Waals surface area contributed by atoms with Crippen molar-refractivity contribution in [1.29, 1.82) is 0 Å². The van der Waals surface area contributed by atoms with Crippen LogP contribution in [-0.2, 0) is 27.9 Å². The van der Waals surface area contributed by atoms with Crippen molar-refractivity contribution in [3.63, 3.8) is 0 Å². The first-order valence-corrected chi connectivity index (χ1v) is 28.4. The van der Waals surface area contributed by atoms with Gasteiger partial charge in [-0.05, 0) is 122 Å². The van der Waals surface area contributed by atoms with Crippen LogP contribution < -0.4 is 0 Å². The van der Waals surface area contributed by atoms with Gasteiger partial charge in [-0.3, -0.25) is 13.8 Å². The van der Waals surface area contributed by atoms with E-state index in [0.717, 1.165) is 128 Å². The van der Waals surface area contributed by atoms with Crippen molar-refractivity contribution in [3.8, 4) is 0 Å². The van der Waals surface area contributed by atoms with E-state index in [2.05, 4.69) is 184 Å². The molecule has 2 unspecified atom stereocenters. The highest BCUT2D eigenvalue weighted by molar-refractivity contribution is 7.47. The predicted octanol–water partition coefficient (Wildman–Crippen LogP) is 17.2. The van der Waals surface area contributed by atoms with Crippen molar-refractivity contribution in [2.75, 3.05) is 54.1 Å². The van der Waals surface area contributed by atoms with Crippen LogP contribution in [0.1, 0.15) is 155 Å². The van der Waals surface area contributed by atoms with Crippen LogP contribution in [0.5, 0.6) is 0 Å². The number of quaternary nitrogens is 1. The summed E-state index contributed by atoms with van der Waals surface area (Å²) in [6.45, 7) is 5.19. The van der Waals surface area contributed by atoms with Crippen LogP contribution in [0.4, 0.5) is 0 Å². The Morgan fingerprint density at radius 1 is 0.437 bits per heavy atom. The van der Waals surface area contributed by atoms with Crippen LogP contribution in [0, 0.1) is 0 Å². The molecule has 0 radical (unpaired) electrons. The molecule has 0 rings (SSSR count). The standard InChI is InChI=1S/C62H98NO7P/c1-6-8-10-12-14-16-18-20-22-24-26-28-30-31-32-34-36-38-40-42-44-46-48-50-52-54-57-67-59-61(60-69-71(65,66)68-58-56-63(3,4)5)70-62(64)55-53-51-49-47-45-43-41-39-37-35-33-29-27-25-23-21-19-17-15-13-11-9-7-2/h8-11,14-17,20-23,26-29,31-32,35-38,41-44,47,49,61H,6-7,12-13,18-19,24-25,30,33-34,39-40,45-46,48,50-60H2,1-5H3/p+1/b10-8-,11-9-,16-14-,17-15-,22-20-,23-21-,28-26-,29-27-,32-31-,37-35-,38-36-,43-41-,44-42-,49-47-. The summed E-state index contributed by atoms with van der Waals surface area (Å²) in [6, 6.07) is 0. The van der Waals surface area contributed by atoms with Crippen LogP contribution in [0.3, 0.4) is 0 Å². The molecule has 0 aromatic heterocycles. The van der Waals surface area contributed by atoms with Gasteiger partial charge in [0.2, 0.25) is 0 Å². The molecule has 9 heteroatoms. The van der Waals surface area contributed by atoms with Crippen LogP contribution in [-0.4, -0.2) is 75.6 Å². The maximum atomic E-state index is 12.8.